The van der Waals surface area contributed by atoms with Crippen LogP contribution in [0.5, 0.6) is 0 Å². The summed E-state index contributed by atoms with van der Waals surface area (Å²) in [6.07, 6.45) is 20.9. The van der Waals surface area contributed by atoms with Gasteiger partial charge in [-0.25, -0.2) is 0 Å². The fraction of sp³-hybridized carbons (Fsp3) is 0.933. The van der Waals surface area contributed by atoms with E-state index in [4.69, 9.17) is 49.7 Å². The molecule has 0 fully saturated rings. The topological polar surface area (TPSA) is 6.48 Å². The van der Waals surface area contributed by atoms with E-state index in [2.05, 4.69) is 51.3 Å². The molecule has 0 bridgehead atoms. The van der Waals surface area contributed by atoms with Gasteiger partial charge in [-0.15, -0.1) is 0 Å². The molecule has 37 heavy (non-hydrogen) atoms. The Balaban J connectivity index is -0.000000481. The van der Waals surface area contributed by atoms with Crippen molar-refractivity contribution in [2.75, 3.05) is 26.2 Å². The van der Waals surface area contributed by atoms with Crippen LogP contribution >= 0.6 is 24.4 Å². The van der Waals surface area contributed by atoms with Crippen LogP contribution in [0.4, 0.5) is 0 Å². The SMILES string of the molecule is CCCCCN(CCCCC)C(=S)[S-].CCCCCN(CCCCC)C(=S)[S-].CCC[CH2][Sn+2][CH2]CCC. The van der Waals surface area contributed by atoms with Crippen molar-refractivity contribution in [2.45, 2.75) is 153 Å². The summed E-state index contributed by atoms with van der Waals surface area (Å²) in [6.45, 7) is 17.7. The summed E-state index contributed by atoms with van der Waals surface area (Å²) >= 11 is 20.4. The van der Waals surface area contributed by atoms with Gasteiger partial charge in [0.1, 0.15) is 0 Å². The van der Waals surface area contributed by atoms with Crippen LogP contribution in [0.25, 0.3) is 0 Å². The Labute approximate surface area is 266 Å². The molecule has 0 N–H and O–H groups in total. The van der Waals surface area contributed by atoms with Gasteiger partial charge >= 0.3 is 69.5 Å². The molecule has 0 amide bonds. The fourth-order valence-corrected chi connectivity index (χ4v) is 8.42. The van der Waals surface area contributed by atoms with Crippen LogP contribution in [-0.2, 0) is 25.3 Å². The molecule has 220 valence electrons. The first kappa shape index (κ1) is 42.5. The van der Waals surface area contributed by atoms with Crippen LogP contribution in [0.1, 0.15) is 144 Å². The molecule has 0 aliphatic carbocycles. The molecule has 0 rings (SSSR count). The van der Waals surface area contributed by atoms with E-state index < -0.39 is 0 Å². The van der Waals surface area contributed by atoms with Crippen molar-refractivity contribution in [1.29, 1.82) is 0 Å². The summed E-state index contributed by atoms with van der Waals surface area (Å²) in [7, 11) is 0. The molecule has 0 aliphatic heterocycles. The minimum atomic E-state index is 0.149. The maximum absolute atomic E-state index is 5.06. The molecule has 0 radical (unpaired) electrons. The summed E-state index contributed by atoms with van der Waals surface area (Å²) in [5.74, 6) is 0. The van der Waals surface area contributed by atoms with Gasteiger partial charge in [-0.05, 0) is 25.7 Å². The molecule has 0 aliphatic rings. The minimum absolute atomic E-state index is 0.149. The third-order valence-electron chi connectivity index (χ3n) is 6.06. The second-order valence-corrected chi connectivity index (χ2v) is 16.1. The second-order valence-electron chi connectivity index (χ2n) is 9.79. The Hall–Kier alpha value is 1.02. The number of rotatable bonds is 22. The van der Waals surface area contributed by atoms with Gasteiger partial charge in [0.25, 0.3) is 0 Å². The zero-order chi connectivity index (χ0) is 28.6. The van der Waals surface area contributed by atoms with Crippen LogP contribution in [0.2, 0.25) is 8.87 Å². The average Bonchev–Trinajstić information content (AvgIpc) is 2.87. The van der Waals surface area contributed by atoms with E-state index in [1.165, 1.54) is 103 Å². The Morgan fingerprint density at radius 2 is 0.703 bits per heavy atom. The first-order chi connectivity index (χ1) is 17.9. The second kappa shape index (κ2) is 37.0. The van der Waals surface area contributed by atoms with Gasteiger partial charge < -0.3 is 59.5 Å². The molecule has 7 heteroatoms. The third kappa shape index (κ3) is 37.0. The van der Waals surface area contributed by atoms with Crippen molar-refractivity contribution in [3.8, 4) is 0 Å². The molecule has 0 aromatic rings. The Morgan fingerprint density at radius 1 is 0.459 bits per heavy atom. The molecule has 0 spiro atoms. The number of hydrogen-bond acceptors (Lipinski definition) is 4. The van der Waals surface area contributed by atoms with Crippen molar-refractivity contribution < 1.29 is 0 Å². The van der Waals surface area contributed by atoms with E-state index in [9.17, 15) is 0 Å². The van der Waals surface area contributed by atoms with Crippen molar-refractivity contribution >= 4 is 79.5 Å². The van der Waals surface area contributed by atoms with Crippen molar-refractivity contribution in [3.63, 3.8) is 0 Å². The monoisotopic (exact) mass is 698 g/mol. The summed E-state index contributed by atoms with van der Waals surface area (Å²) in [4.78, 5) is 4.35. The molecule has 0 saturated heterocycles. The Kier molecular flexibility index (Phi) is 42.5. The molecule has 0 aromatic heterocycles. The normalized spacial score (nSPS) is 9.89. The predicted molar refractivity (Wildman–Crippen MR) is 186 cm³/mol. The standard InChI is InChI=1S/2C11H23NS2.2C4H9.Sn/c2*1-3-5-7-9-12(11(13)14)10-8-6-4-2;2*1-3-4-2;/h2*3-10H2,1-2H3,(H,13,14);2*1,3-4H2,2H3;/q;;;;+2/p-2. The number of hydrogen-bond donors (Lipinski definition) is 0. The van der Waals surface area contributed by atoms with Crippen molar-refractivity contribution in [2.24, 2.45) is 0 Å². The van der Waals surface area contributed by atoms with Crippen LogP contribution in [0.3, 0.4) is 0 Å². The first-order valence-electron chi connectivity index (χ1n) is 15.5. The first-order valence-corrected chi connectivity index (χ1v) is 21.1. The van der Waals surface area contributed by atoms with Crippen molar-refractivity contribution in [1.82, 2.24) is 9.80 Å². The van der Waals surface area contributed by atoms with Crippen LogP contribution < -0.4 is 0 Å². The quantitative estimate of drug-likeness (QED) is 0.0478. The Bertz CT molecular complexity index is 407. The van der Waals surface area contributed by atoms with Gasteiger partial charge in [-0.1, -0.05) is 87.7 Å². The summed E-state index contributed by atoms with van der Waals surface area (Å²) in [6, 6.07) is 0. The van der Waals surface area contributed by atoms with E-state index in [1.54, 1.807) is 8.87 Å². The van der Waals surface area contributed by atoms with Crippen LogP contribution in [0, 0.1) is 0 Å². The number of thiocarbonyl (C=S) groups is 2. The number of nitrogens with zero attached hydrogens (tertiary/aromatic N) is 2. The molecular formula is C30H62N2S4Sn. The molecule has 0 heterocycles. The zero-order valence-corrected chi connectivity index (χ0v) is 31.7. The Morgan fingerprint density at radius 3 is 0.892 bits per heavy atom. The summed E-state index contributed by atoms with van der Waals surface area (Å²) in [5.41, 5.74) is 0. The molecule has 0 unspecified atom stereocenters. The van der Waals surface area contributed by atoms with Gasteiger partial charge in [-0.3, -0.25) is 0 Å². The van der Waals surface area contributed by atoms with Gasteiger partial charge in [0, 0.05) is 26.2 Å². The summed E-state index contributed by atoms with van der Waals surface area (Å²) < 4.78 is 4.55. The van der Waals surface area contributed by atoms with E-state index in [-0.39, 0.29) is 21.1 Å². The molecule has 0 saturated carbocycles. The molecule has 0 aromatic carbocycles. The van der Waals surface area contributed by atoms with Gasteiger partial charge in [-0.2, -0.15) is 0 Å². The van der Waals surface area contributed by atoms with Crippen molar-refractivity contribution in [3.05, 3.63) is 0 Å². The molecule has 2 nitrogen and oxygen atoms in total. The van der Waals surface area contributed by atoms with E-state index in [0.717, 1.165) is 26.2 Å². The van der Waals surface area contributed by atoms with E-state index in [0.29, 0.717) is 8.64 Å². The van der Waals surface area contributed by atoms with Crippen LogP contribution in [-0.4, -0.2) is 65.8 Å². The third-order valence-corrected chi connectivity index (χ3v) is 11.1. The number of unbranched alkanes of at least 4 members (excludes halogenated alkanes) is 10. The van der Waals surface area contributed by atoms with E-state index >= 15 is 0 Å². The fourth-order valence-electron chi connectivity index (χ4n) is 3.53. The van der Waals surface area contributed by atoms with Crippen LogP contribution in [0.15, 0.2) is 0 Å². The zero-order valence-electron chi connectivity index (χ0n) is 25.6. The molecule has 0 atom stereocenters. The van der Waals surface area contributed by atoms with Gasteiger partial charge in [0.05, 0.1) is 0 Å². The maximum atomic E-state index is 5.06. The molecular weight excluding hydrogens is 635 g/mol. The van der Waals surface area contributed by atoms with Gasteiger partial charge in [0.2, 0.25) is 0 Å². The van der Waals surface area contributed by atoms with E-state index in [1.807, 2.05) is 0 Å². The van der Waals surface area contributed by atoms with Gasteiger partial charge in [0.15, 0.2) is 0 Å². The summed E-state index contributed by atoms with van der Waals surface area (Å²) in [5, 5.41) is 0. The average molecular weight is 698 g/mol. The predicted octanol–water partition coefficient (Wildman–Crippen LogP) is 10.1.